The molecule has 0 saturated carbocycles. The number of benzene rings is 1. The predicted octanol–water partition coefficient (Wildman–Crippen LogP) is 3.34. The monoisotopic (exact) mass is 264 g/mol. The fraction of sp³-hybridized carbons (Fsp3) is 0.467. The van der Waals surface area contributed by atoms with E-state index in [1.54, 1.807) is 24.3 Å². The van der Waals surface area contributed by atoms with Crippen LogP contribution in [0.15, 0.2) is 24.3 Å². The Morgan fingerprint density at radius 3 is 2.05 bits per heavy atom. The van der Waals surface area contributed by atoms with Crippen LogP contribution in [0.25, 0.3) is 0 Å². The highest BCUT2D eigenvalue weighted by atomic mass is 16.6. The Morgan fingerprint density at radius 1 is 1.05 bits per heavy atom. The second kappa shape index (κ2) is 6.36. The molecule has 1 aromatic rings. The highest BCUT2D eigenvalue weighted by Crippen LogP contribution is 2.28. The minimum Gasteiger partial charge on any atom is -0.423 e. The number of rotatable bonds is 4. The van der Waals surface area contributed by atoms with Crippen molar-refractivity contribution >= 4 is 11.9 Å². The first kappa shape index (κ1) is 15.2. The van der Waals surface area contributed by atoms with Crippen LogP contribution in [0.2, 0.25) is 0 Å². The lowest BCUT2D eigenvalue weighted by Gasteiger charge is -2.17. The van der Waals surface area contributed by atoms with Crippen LogP contribution in [0.5, 0.6) is 11.5 Å². The quantitative estimate of drug-likeness (QED) is 0.618. The smallest absolute Gasteiger partial charge is 0.311 e. The lowest BCUT2D eigenvalue weighted by Crippen LogP contribution is -2.14. The van der Waals surface area contributed by atoms with Crippen LogP contribution in [-0.2, 0) is 9.59 Å². The van der Waals surface area contributed by atoms with Crippen LogP contribution in [0, 0.1) is 5.41 Å². The zero-order valence-electron chi connectivity index (χ0n) is 11.9. The maximum absolute atomic E-state index is 11.7. The molecule has 0 radical (unpaired) electrons. The zero-order chi connectivity index (χ0) is 14.5. The van der Waals surface area contributed by atoms with E-state index in [0.29, 0.717) is 6.42 Å². The molecule has 0 aliphatic rings. The fourth-order valence-electron chi connectivity index (χ4n) is 1.42. The van der Waals surface area contributed by atoms with Crippen molar-refractivity contribution in [3.05, 3.63) is 24.3 Å². The van der Waals surface area contributed by atoms with E-state index in [9.17, 15) is 9.59 Å². The van der Waals surface area contributed by atoms with Gasteiger partial charge in [-0.05, 0) is 24.0 Å². The summed E-state index contributed by atoms with van der Waals surface area (Å²) in [5, 5.41) is 0. The van der Waals surface area contributed by atoms with E-state index in [1.807, 2.05) is 0 Å². The average Bonchev–Trinajstić information content (AvgIpc) is 2.27. The number of ether oxygens (including phenoxy) is 2. The third-order valence-corrected chi connectivity index (χ3v) is 2.41. The molecule has 4 heteroatoms. The third kappa shape index (κ3) is 6.04. The number of hydrogen-bond acceptors (Lipinski definition) is 4. The van der Waals surface area contributed by atoms with Crippen LogP contribution in [0.4, 0.5) is 0 Å². The molecular formula is C15H20O4. The molecule has 0 bridgehead atoms. The van der Waals surface area contributed by atoms with E-state index in [0.717, 1.165) is 6.42 Å². The molecule has 4 nitrogen and oxygen atoms in total. The molecule has 0 aliphatic carbocycles. The summed E-state index contributed by atoms with van der Waals surface area (Å²) in [6.45, 7) is 7.49. The molecular weight excluding hydrogens is 244 g/mol. The van der Waals surface area contributed by atoms with Crippen LogP contribution < -0.4 is 9.47 Å². The maximum Gasteiger partial charge on any atom is 0.311 e. The van der Waals surface area contributed by atoms with E-state index >= 15 is 0 Å². The lowest BCUT2D eigenvalue weighted by atomic mass is 9.91. The van der Waals surface area contributed by atoms with Gasteiger partial charge in [-0.3, -0.25) is 9.59 Å². The van der Waals surface area contributed by atoms with Gasteiger partial charge in [0, 0.05) is 13.3 Å². The molecule has 0 aromatic heterocycles. The second-order valence-corrected chi connectivity index (χ2v) is 5.58. The van der Waals surface area contributed by atoms with Crippen molar-refractivity contribution in [3.63, 3.8) is 0 Å². The van der Waals surface area contributed by atoms with Crippen molar-refractivity contribution in [1.82, 2.24) is 0 Å². The summed E-state index contributed by atoms with van der Waals surface area (Å²) in [7, 11) is 0. The van der Waals surface area contributed by atoms with Crippen molar-refractivity contribution in [2.24, 2.45) is 5.41 Å². The van der Waals surface area contributed by atoms with Crippen LogP contribution in [-0.4, -0.2) is 11.9 Å². The molecule has 19 heavy (non-hydrogen) atoms. The Labute approximate surface area is 113 Å². The molecule has 1 rings (SSSR count). The average molecular weight is 264 g/mol. The molecule has 104 valence electrons. The first-order valence-electron chi connectivity index (χ1n) is 6.26. The van der Waals surface area contributed by atoms with Crippen molar-refractivity contribution in [3.8, 4) is 11.5 Å². The molecule has 0 saturated heterocycles. The molecule has 0 fully saturated rings. The van der Waals surface area contributed by atoms with E-state index in [1.165, 1.54) is 6.92 Å². The Balaban J connectivity index is 2.66. The molecule has 0 unspecified atom stereocenters. The van der Waals surface area contributed by atoms with Gasteiger partial charge in [0.15, 0.2) is 11.5 Å². The van der Waals surface area contributed by atoms with E-state index < -0.39 is 5.97 Å². The first-order valence-corrected chi connectivity index (χ1v) is 6.26. The standard InChI is InChI=1S/C15H20O4/c1-11(16)18-12-7-5-6-8-13(12)19-14(17)9-10-15(2,3)4/h5-8H,9-10H2,1-4H3. The van der Waals surface area contributed by atoms with Crippen molar-refractivity contribution in [2.75, 3.05) is 0 Å². The number of esters is 2. The summed E-state index contributed by atoms with van der Waals surface area (Å²) in [6, 6.07) is 6.63. The molecule has 0 heterocycles. The topological polar surface area (TPSA) is 52.6 Å². The van der Waals surface area contributed by atoms with Gasteiger partial charge in [0.25, 0.3) is 0 Å². The third-order valence-electron chi connectivity index (χ3n) is 2.41. The van der Waals surface area contributed by atoms with Gasteiger partial charge in [-0.15, -0.1) is 0 Å². The van der Waals surface area contributed by atoms with Crippen molar-refractivity contribution in [2.45, 2.75) is 40.5 Å². The van der Waals surface area contributed by atoms with Gasteiger partial charge in [-0.1, -0.05) is 32.9 Å². The van der Waals surface area contributed by atoms with E-state index in [-0.39, 0.29) is 22.9 Å². The zero-order valence-corrected chi connectivity index (χ0v) is 11.9. The minimum absolute atomic E-state index is 0.0778. The maximum atomic E-state index is 11.7. The van der Waals surface area contributed by atoms with Crippen molar-refractivity contribution < 1.29 is 19.1 Å². The van der Waals surface area contributed by atoms with Crippen LogP contribution in [0.3, 0.4) is 0 Å². The molecule has 1 aromatic carbocycles. The summed E-state index contributed by atoms with van der Waals surface area (Å²) in [6.07, 6.45) is 1.07. The van der Waals surface area contributed by atoms with Gasteiger partial charge in [0.05, 0.1) is 0 Å². The summed E-state index contributed by atoms with van der Waals surface area (Å²) >= 11 is 0. The molecule has 0 N–H and O–H groups in total. The summed E-state index contributed by atoms with van der Waals surface area (Å²) < 4.78 is 10.2. The normalized spacial score (nSPS) is 10.9. The van der Waals surface area contributed by atoms with Gasteiger partial charge >= 0.3 is 11.9 Å². The molecule has 0 amide bonds. The highest BCUT2D eigenvalue weighted by Gasteiger charge is 2.16. The number of carbonyl (C=O) groups is 2. The number of carbonyl (C=O) groups excluding carboxylic acids is 2. The van der Waals surface area contributed by atoms with Gasteiger partial charge < -0.3 is 9.47 Å². The second-order valence-electron chi connectivity index (χ2n) is 5.58. The van der Waals surface area contributed by atoms with E-state index in [2.05, 4.69) is 20.8 Å². The Kier molecular flexibility index (Phi) is 5.10. The first-order chi connectivity index (χ1) is 8.78. The number of para-hydroxylation sites is 2. The lowest BCUT2D eigenvalue weighted by molar-refractivity contribution is -0.136. The van der Waals surface area contributed by atoms with Gasteiger partial charge in [0.1, 0.15) is 0 Å². The number of hydrogen-bond donors (Lipinski definition) is 0. The Bertz CT molecular complexity index is 457. The van der Waals surface area contributed by atoms with Gasteiger partial charge in [0.2, 0.25) is 0 Å². The van der Waals surface area contributed by atoms with Crippen molar-refractivity contribution in [1.29, 1.82) is 0 Å². The predicted molar refractivity (Wildman–Crippen MR) is 72.1 cm³/mol. The van der Waals surface area contributed by atoms with Gasteiger partial charge in [-0.2, -0.15) is 0 Å². The fourth-order valence-corrected chi connectivity index (χ4v) is 1.42. The largest absolute Gasteiger partial charge is 0.423 e. The van der Waals surface area contributed by atoms with Crippen LogP contribution >= 0.6 is 0 Å². The molecule has 0 aliphatic heterocycles. The molecule has 0 atom stereocenters. The Hall–Kier alpha value is -1.84. The van der Waals surface area contributed by atoms with Crippen LogP contribution in [0.1, 0.15) is 40.5 Å². The van der Waals surface area contributed by atoms with E-state index in [4.69, 9.17) is 9.47 Å². The molecule has 0 spiro atoms. The summed E-state index contributed by atoms with van der Waals surface area (Å²) in [5.74, 6) is -0.233. The SMILES string of the molecule is CC(=O)Oc1ccccc1OC(=O)CCC(C)(C)C. The summed E-state index contributed by atoms with van der Waals surface area (Å²) in [4.78, 5) is 22.7. The van der Waals surface area contributed by atoms with Gasteiger partial charge in [-0.25, -0.2) is 0 Å². The summed E-state index contributed by atoms with van der Waals surface area (Å²) in [5.41, 5.74) is 0.0778. The minimum atomic E-state index is -0.446. The highest BCUT2D eigenvalue weighted by molar-refractivity contribution is 5.75. The Morgan fingerprint density at radius 2 is 1.58 bits per heavy atom.